The number of nitrogens with one attached hydrogen (secondary N) is 3. The largest absolute Gasteiger partial charge is 0.495 e. The summed E-state index contributed by atoms with van der Waals surface area (Å²) >= 11 is 2.54. The molecule has 1 aromatic heterocycles. The van der Waals surface area contributed by atoms with Gasteiger partial charge in [-0.15, -0.1) is 10.2 Å². The molecular formula is C14H17N5O3S2. The van der Waals surface area contributed by atoms with Gasteiger partial charge in [0.15, 0.2) is 4.34 Å². The minimum Gasteiger partial charge on any atom is -0.495 e. The van der Waals surface area contributed by atoms with Gasteiger partial charge in [0.2, 0.25) is 11.0 Å². The number of aromatic nitrogens is 2. The fraction of sp³-hybridized carbons (Fsp3) is 0.286. The lowest BCUT2D eigenvalue weighted by molar-refractivity contribution is -0.119. The normalized spacial score (nSPS) is 11.5. The van der Waals surface area contributed by atoms with Crippen LogP contribution in [0.15, 0.2) is 28.6 Å². The summed E-state index contributed by atoms with van der Waals surface area (Å²) in [6, 6.07) is 6.92. The van der Waals surface area contributed by atoms with Gasteiger partial charge in [-0.3, -0.25) is 10.1 Å². The van der Waals surface area contributed by atoms with Gasteiger partial charge in [0.05, 0.1) is 18.0 Å². The first-order valence-electron chi connectivity index (χ1n) is 6.96. The Morgan fingerprint density at radius 1 is 1.29 bits per heavy atom. The summed E-state index contributed by atoms with van der Waals surface area (Å²) in [6.07, 6.45) is 0. The van der Waals surface area contributed by atoms with E-state index in [4.69, 9.17) is 4.74 Å². The third-order valence-corrected chi connectivity index (χ3v) is 4.89. The minimum atomic E-state index is -0.539. The van der Waals surface area contributed by atoms with E-state index >= 15 is 0 Å². The number of hydrogen-bond donors (Lipinski definition) is 3. The van der Waals surface area contributed by atoms with Gasteiger partial charge in [0.25, 0.3) is 0 Å². The first-order chi connectivity index (χ1) is 11.5. The van der Waals surface area contributed by atoms with E-state index in [-0.39, 0.29) is 0 Å². The molecule has 0 aliphatic heterocycles. The monoisotopic (exact) mass is 367 g/mol. The molecule has 0 spiro atoms. The van der Waals surface area contributed by atoms with E-state index in [1.165, 1.54) is 30.1 Å². The van der Waals surface area contributed by atoms with Gasteiger partial charge >= 0.3 is 6.03 Å². The standard InChI is InChI=1S/C14H17N5O3S2/c1-8(11(20)17-12(21)15-2)23-14-19-18-13(24-14)16-9-6-4-5-7-10(9)22-3/h4-8H,1-3H3,(H,16,18)(H2,15,17,20,21)/t8-/m0/s1. The molecule has 0 aliphatic rings. The summed E-state index contributed by atoms with van der Waals surface area (Å²) in [4.78, 5) is 23.0. The molecule has 0 saturated carbocycles. The molecule has 2 rings (SSSR count). The maximum atomic E-state index is 11.8. The zero-order valence-electron chi connectivity index (χ0n) is 13.3. The number of anilines is 2. The van der Waals surface area contributed by atoms with Crippen LogP contribution in [0.2, 0.25) is 0 Å². The van der Waals surface area contributed by atoms with Gasteiger partial charge in [0.1, 0.15) is 5.75 Å². The van der Waals surface area contributed by atoms with Gasteiger partial charge in [-0.1, -0.05) is 35.2 Å². The molecule has 0 unspecified atom stereocenters. The van der Waals surface area contributed by atoms with Crippen molar-refractivity contribution in [3.05, 3.63) is 24.3 Å². The number of ether oxygens (including phenoxy) is 1. The van der Waals surface area contributed by atoms with Crippen molar-refractivity contribution in [1.82, 2.24) is 20.8 Å². The number of amides is 3. The van der Waals surface area contributed by atoms with Crippen molar-refractivity contribution < 1.29 is 14.3 Å². The molecule has 3 amide bonds. The summed E-state index contributed by atoms with van der Waals surface area (Å²) in [7, 11) is 3.04. The molecule has 1 heterocycles. The van der Waals surface area contributed by atoms with Crippen LogP contribution >= 0.6 is 23.1 Å². The van der Waals surface area contributed by atoms with Crippen molar-refractivity contribution in [3.8, 4) is 5.75 Å². The molecule has 1 atom stereocenters. The lowest BCUT2D eigenvalue weighted by Gasteiger charge is -2.08. The Morgan fingerprint density at radius 2 is 2.04 bits per heavy atom. The Balaban J connectivity index is 1.98. The van der Waals surface area contributed by atoms with Gasteiger partial charge in [-0.05, 0) is 19.1 Å². The number of nitrogens with zero attached hydrogens (tertiary/aromatic N) is 2. The number of para-hydroxylation sites is 2. The van der Waals surface area contributed by atoms with Gasteiger partial charge < -0.3 is 15.4 Å². The van der Waals surface area contributed by atoms with Gasteiger partial charge in [-0.2, -0.15) is 0 Å². The van der Waals surface area contributed by atoms with Crippen LogP contribution in [0.3, 0.4) is 0 Å². The van der Waals surface area contributed by atoms with Crippen molar-refractivity contribution in [2.45, 2.75) is 16.5 Å². The number of urea groups is 1. The summed E-state index contributed by atoms with van der Waals surface area (Å²) in [5.41, 5.74) is 0.776. The molecule has 24 heavy (non-hydrogen) atoms. The zero-order valence-corrected chi connectivity index (χ0v) is 15.0. The average molecular weight is 367 g/mol. The first kappa shape index (κ1) is 18.0. The summed E-state index contributed by atoms with van der Waals surface area (Å²) in [5.74, 6) is 0.300. The smallest absolute Gasteiger partial charge is 0.321 e. The Morgan fingerprint density at radius 3 is 2.75 bits per heavy atom. The lowest BCUT2D eigenvalue weighted by atomic mass is 10.3. The summed E-state index contributed by atoms with van der Waals surface area (Å²) in [5, 5.41) is 15.9. The second kappa shape index (κ2) is 8.50. The van der Waals surface area contributed by atoms with Crippen LogP contribution in [0.1, 0.15) is 6.92 Å². The highest BCUT2D eigenvalue weighted by Gasteiger charge is 2.19. The van der Waals surface area contributed by atoms with Crippen LogP contribution in [0, 0.1) is 0 Å². The van der Waals surface area contributed by atoms with Crippen molar-refractivity contribution in [2.75, 3.05) is 19.5 Å². The molecular weight excluding hydrogens is 350 g/mol. The Hall–Kier alpha value is -2.33. The number of rotatable bonds is 6. The van der Waals surface area contributed by atoms with Crippen molar-refractivity contribution in [1.29, 1.82) is 0 Å². The zero-order chi connectivity index (χ0) is 17.5. The lowest BCUT2D eigenvalue weighted by Crippen LogP contribution is -2.41. The predicted molar refractivity (Wildman–Crippen MR) is 94.1 cm³/mol. The van der Waals surface area contributed by atoms with E-state index in [2.05, 4.69) is 26.1 Å². The molecule has 0 aliphatic carbocycles. The number of methoxy groups -OCH3 is 1. The van der Waals surface area contributed by atoms with Crippen LogP contribution in [0.25, 0.3) is 0 Å². The highest BCUT2D eigenvalue weighted by atomic mass is 32.2. The molecule has 10 heteroatoms. The maximum Gasteiger partial charge on any atom is 0.321 e. The first-order valence-corrected chi connectivity index (χ1v) is 8.66. The van der Waals surface area contributed by atoms with Crippen LogP contribution in [-0.2, 0) is 4.79 Å². The van der Waals surface area contributed by atoms with E-state index in [9.17, 15) is 9.59 Å². The van der Waals surface area contributed by atoms with E-state index < -0.39 is 17.2 Å². The number of hydrogen-bond acceptors (Lipinski definition) is 8. The average Bonchev–Trinajstić information content (AvgIpc) is 3.02. The number of carbonyl (C=O) groups excluding carboxylic acids is 2. The van der Waals surface area contributed by atoms with Crippen LogP contribution in [0.5, 0.6) is 5.75 Å². The van der Waals surface area contributed by atoms with E-state index in [0.717, 1.165) is 5.69 Å². The fourth-order valence-corrected chi connectivity index (χ4v) is 3.56. The molecule has 8 nitrogen and oxygen atoms in total. The molecule has 2 aromatic rings. The molecule has 0 fully saturated rings. The SMILES string of the molecule is CNC(=O)NC(=O)[C@H](C)Sc1nnc(Nc2ccccc2OC)s1. The van der Waals surface area contributed by atoms with Gasteiger partial charge in [0, 0.05) is 7.05 Å². The number of thioether (sulfide) groups is 1. The summed E-state index contributed by atoms with van der Waals surface area (Å²) in [6.45, 7) is 1.69. The Labute approximate surface area is 147 Å². The topological polar surface area (TPSA) is 105 Å². The molecule has 0 radical (unpaired) electrons. The van der Waals surface area contributed by atoms with Crippen molar-refractivity contribution >= 4 is 45.9 Å². The quantitative estimate of drug-likeness (QED) is 0.672. The second-order valence-corrected chi connectivity index (χ2v) is 7.09. The number of benzene rings is 1. The molecule has 3 N–H and O–H groups in total. The highest BCUT2D eigenvalue weighted by Crippen LogP contribution is 2.32. The molecule has 1 aromatic carbocycles. The Bertz CT molecular complexity index is 722. The molecule has 0 bridgehead atoms. The van der Waals surface area contributed by atoms with Crippen LogP contribution < -0.4 is 20.7 Å². The third-order valence-electron chi connectivity index (χ3n) is 2.87. The minimum absolute atomic E-state index is 0.395. The molecule has 128 valence electrons. The number of imide groups is 1. The third kappa shape index (κ3) is 4.83. The Kier molecular flexibility index (Phi) is 6.38. The fourth-order valence-electron chi connectivity index (χ4n) is 1.65. The van der Waals surface area contributed by atoms with E-state index in [1.54, 1.807) is 14.0 Å². The highest BCUT2D eigenvalue weighted by molar-refractivity contribution is 8.02. The summed E-state index contributed by atoms with van der Waals surface area (Å²) < 4.78 is 5.88. The van der Waals surface area contributed by atoms with E-state index in [1.807, 2.05) is 24.3 Å². The second-order valence-electron chi connectivity index (χ2n) is 4.53. The van der Waals surface area contributed by atoms with Crippen molar-refractivity contribution in [2.24, 2.45) is 0 Å². The van der Waals surface area contributed by atoms with E-state index in [0.29, 0.717) is 15.2 Å². The molecule has 0 saturated heterocycles. The van der Waals surface area contributed by atoms with Crippen LogP contribution in [-0.4, -0.2) is 41.5 Å². The van der Waals surface area contributed by atoms with Crippen molar-refractivity contribution in [3.63, 3.8) is 0 Å². The number of carbonyl (C=O) groups is 2. The van der Waals surface area contributed by atoms with Gasteiger partial charge in [-0.25, -0.2) is 4.79 Å². The predicted octanol–water partition coefficient (Wildman–Crippen LogP) is 2.23. The maximum absolute atomic E-state index is 11.8. The van der Waals surface area contributed by atoms with Crippen LogP contribution in [0.4, 0.5) is 15.6 Å².